The third kappa shape index (κ3) is 2.79. The Kier molecular flexibility index (Phi) is 3.89. The predicted octanol–water partition coefficient (Wildman–Crippen LogP) is 3.13. The molecule has 1 atom stereocenters. The average Bonchev–Trinajstić information content (AvgIpc) is 3.00. The molecule has 4 nitrogen and oxygen atoms in total. The van der Waals surface area contributed by atoms with Crippen LogP contribution in [0.25, 0.3) is 11.2 Å². The number of nitrogens with zero attached hydrogens (tertiary/aromatic N) is 3. The van der Waals surface area contributed by atoms with Crippen molar-refractivity contribution in [2.24, 2.45) is 5.92 Å². The minimum absolute atomic E-state index is 0.584. The lowest BCUT2D eigenvalue weighted by molar-refractivity contribution is 0.272. The molecule has 0 bridgehead atoms. The van der Waals surface area contributed by atoms with Gasteiger partial charge in [-0.15, -0.1) is 0 Å². The minimum Gasteiger partial charge on any atom is -0.329 e. The number of aromatic nitrogens is 3. The van der Waals surface area contributed by atoms with Crippen LogP contribution in [0.4, 0.5) is 0 Å². The van der Waals surface area contributed by atoms with Gasteiger partial charge in [0.1, 0.15) is 0 Å². The molecule has 3 heterocycles. The second-order valence-corrected chi connectivity index (χ2v) is 6.36. The number of fused-ring (bicyclic) bond motifs is 1. The van der Waals surface area contributed by atoms with Crippen molar-refractivity contribution in [3.8, 4) is 0 Å². The highest BCUT2D eigenvalue weighted by molar-refractivity contribution is 7.71. The number of H-pyrrole nitrogens is 1. The number of rotatable bonds is 4. The van der Waals surface area contributed by atoms with Crippen LogP contribution in [-0.4, -0.2) is 39.1 Å². The summed E-state index contributed by atoms with van der Waals surface area (Å²) >= 11 is 5.45. The Hall–Kier alpha value is -1.20. The summed E-state index contributed by atoms with van der Waals surface area (Å²) in [6.45, 7) is 8.91. The first kappa shape index (κ1) is 13.8. The summed E-state index contributed by atoms with van der Waals surface area (Å²) in [6.07, 6.45) is 2.69. The van der Waals surface area contributed by atoms with E-state index in [9.17, 15) is 0 Å². The number of hydrogen-bond acceptors (Lipinski definition) is 3. The summed E-state index contributed by atoms with van der Waals surface area (Å²) in [5, 5.41) is 0. The summed E-state index contributed by atoms with van der Waals surface area (Å²) in [6, 6.07) is 4.08. The Bertz CT molecular complexity index is 651. The second kappa shape index (κ2) is 5.66. The van der Waals surface area contributed by atoms with Crippen LogP contribution >= 0.6 is 12.2 Å². The van der Waals surface area contributed by atoms with E-state index in [1.165, 1.54) is 25.9 Å². The van der Waals surface area contributed by atoms with Gasteiger partial charge < -0.3 is 14.5 Å². The topological polar surface area (TPSA) is 36.9 Å². The third-order valence-corrected chi connectivity index (χ3v) is 4.34. The molecule has 1 unspecified atom stereocenters. The molecule has 20 heavy (non-hydrogen) atoms. The van der Waals surface area contributed by atoms with Gasteiger partial charge in [0.05, 0.1) is 5.52 Å². The molecule has 0 aliphatic carbocycles. The molecule has 5 heteroatoms. The SMILES string of the molecule is Cc1ccc2[nH]c(=S)n(CC(C)CN3CCCC3)c2n1. The molecule has 0 spiro atoms. The predicted molar refractivity (Wildman–Crippen MR) is 84.5 cm³/mol. The maximum Gasteiger partial charge on any atom is 0.179 e. The number of likely N-dealkylation sites (tertiary alicyclic amines) is 1. The quantitative estimate of drug-likeness (QED) is 0.879. The molecule has 1 aliphatic heterocycles. The first-order valence-corrected chi connectivity index (χ1v) is 7.83. The molecule has 2 aromatic rings. The minimum atomic E-state index is 0.584. The van der Waals surface area contributed by atoms with Gasteiger partial charge >= 0.3 is 0 Å². The Morgan fingerprint density at radius 3 is 2.80 bits per heavy atom. The summed E-state index contributed by atoms with van der Waals surface area (Å²) < 4.78 is 2.93. The first-order valence-electron chi connectivity index (χ1n) is 7.42. The molecule has 0 aromatic carbocycles. The normalized spacial score (nSPS) is 17.9. The van der Waals surface area contributed by atoms with E-state index in [0.717, 1.165) is 34.7 Å². The fourth-order valence-corrected chi connectivity index (χ4v) is 3.34. The van der Waals surface area contributed by atoms with Gasteiger partial charge in [0.25, 0.3) is 0 Å². The average molecular weight is 290 g/mol. The van der Waals surface area contributed by atoms with Crippen LogP contribution in [0.3, 0.4) is 0 Å². The Morgan fingerprint density at radius 2 is 2.05 bits per heavy atom. The lowest BCUT2D eigenvalue weighted by Gasteiger charge is -2.20. The van der Waals surface area contributed by atoms with E-state index in [4.69, 9.17) is 12.2 Å². The van der Waals surface area contributed by atoms with E-state index in [0.29, 0.717) is 5.92 Å². The van der Waals surface area contributed by atoms with Gasteiger partial charge in [-0.05, 0) is 63.1 Å². The molecule has 1 aliphatic rings. The van der Waals surface area contributed by atoms with Gasteiger partial charge in [0.15, 0.2) is 10.4 Å². The van der Waals surface area contributed by atoms with E-state index in [-0.39, 0.29) is 0 Å². The van der Waals surface area contributed by atoms with Crippen molar-refractivity contribution in [1.29, 1.82) is 0 Å². The molecule has 1 fully saturated rings. The zero-order valence-electron chi connectivity index (χ0n) is 12.2. The molecule has 0 radical (unpaired) electrons. The fraction of sp³-hybridized carbons (Fsp3) is 0.600. The van der Waals surface area contributed by atoms with E-state index >= 15 is 0 Å². The van der Waals surface area contributed by atoms with Crippen molar-refractivity contribution in [2.45, 2.75) is 33.2 Å². The van der Waals surface area contributed by atoms with E-state index in [1.54, 1.807) is 0 Å². The fourth-order valence-electron chi connectivity index (χ4n) is 3.07. The molecular weight excluding hydrogens is 268 g/mol. The number of aromatic amines is 1. The van der Waals surface area contributed by atoms with Gasteiger partial charge in [-0.1, -0.05) is 6.92 Å². The number of pyridine rings is 1. The standard InChI is InChI=1S/C15H22N4S/c1-11(9-18-7-3-4-8-18)10-19-14-13(17-15(19)20)6-5-12(2)16-14/h5-6,11H,3-4,7-10H2,1-2H3,(H,17,20). The van der Waals surface area contributed by atoms with Crippen molar-refractivity contribution < 1.29 is 0 Å². The van der Waals surface area contributed by atoms with Crippen LogP contribution in [0.1, 0.15) is 25.5 Å². The number of hydrogen-bond donors (Lipinski definition) is 1. The Balaban J connectivity index is 1.80. The number of aryl methyl sites for hydroxylation is 1. The smallest absolute Gasteiger partial charge is 0.179 e. The lowest BCUT2D eigenvalue weighted by Crippen LogP contribution is -2.27. The summed E-state index contributed by atoms with van der Waals surface area (Å²) in [7, 11) is 0. The first-order chi connectivity index (χ1) is 9.63. The van der Waals surface area contributed by atoms with Gasteiger partial charge in [-0.25, -0.2) is 4.98 Å². The molecule has 0 amide bonds. The zero-order valence-corrected chi connectivity index (χ0v) is 13.0. The molecule has 3 rings (SSSR count). The molecule has 1 N–H and O–H groups in total. The molecule has 1 saturated heterocycles. The van der Waals surface area contributed by atoms with Gasteiger partial charge in [-0.2, -0.15) is 0 Å². The highest BCUT2D eigenvalue weighted by Gasteiger charge is 2.16. The van der Waals surface area contributed by atoms with Crippen molar-refractivity contribution in [3.05, 3.63) is 22.6 Å². The maximum atomic E-state index is 5.45. The number of imidazole rings is 1. The summed E-state index contributed by atoms with van der Waals surface area (Å²) in [5.41, 5.74) is 3.06. The molecule has 2 aromatic heterocycles. The van der Waals surface area contributed by atoms with Crippen LogP contribution in [0, 0.1) is 17.6 Å². The van der Waals surface area contributed by atoms with Gasteiger partial charge in [0, 0.05) is 18.8 Å². The monoisotopic (exact) mass is 290 g/mol. The van der Waals surface area contributed by atoms with Crippen LogP contribution in [0.5, 0.6) is 0 Å². The highest BCUT2D eigenvalue weighted by Crippen LogP contribution is 2.16. The van der Waals surface area contributed by atoms with Crippen LogP contribution in [-0.2, 0) is 6.54 Å². The summed E-state index contributed by atoms with van der Waals surface area (Å²) in [4.78, 5) is 10.4. The largest absolute Gasteiger partial charge is 0.329 e. The lowest BCUT2D eigenvalue weighted by atomic mass is 10.1. The Morgan fingerprint density at radius 1 is 1.30 bits per heavy atom. The number of nitrogens with one attached hydrogen (secondary N) is 1. The van der Waals surface area contributed by atoms with Crippen molar-refractivity contribution in [1.82, 2.24) is 19.4 Å². The van der Waals surface area contributed by atoms with E-state index < -0.39 is 0 Å². The third-order valence-electron chi connectivity index (χ3n) is 4.02. The van der Waals surface area contributed by atoms with Crippen LogP contribution < -0.4 is 0 Å². The van der Waals surface area contributed by atoms with E-state index in [1.807, 2.05) is 13.0 Å². The van der Waals surface area contributed by atoms with Gasteiger partial charge in [-0.3, -0.25) is 0 Å². The van der Waals surface area contributed by atoms with Crippen molar-refractivity contribution >= 4 is 23.4 Å². The molecule has 0 saturated carbocycles. The molecular formula is C15H22N4S. The second-order valence-electron chi connectivity index (χ2n) is 5.98. The van der Waals surface area contributed by atoms with Crippen molar-refractivity contribution in [3.63, 3.8) is 0 Å². The zero-order chi connectivity index (χ0) is 14.1. The highest BCUT2D eigenvalue weighted by atomic mass is 32.1. The van der Waals surface area contributed by atoms with Gasteiger partial charge in [0.2, 0.25) is 0 Å². The maximum absolute atomic E-state index is 5.45. The Labute approximate surface area is 124 Å². The van der Waals surface area contributed by atoms with E-state index in [2.05, 4.69) is 32.4 Å². The van der Waals surface area contributed by atoms with Crippen LogP contribution in [0.15, 0.2) is 12.1 Å². The summed E-state index contributed by atoms with van der Waals surface area (Å²) in [5.74, 6) is 0.584. The molecule has 108 valence electrons. The van der Waals surface area contributed by atoms with Crippen molar-refractivity contribution in [2.75, 3.05) is 19.6 Å². The van der Waals surface area contributed by atoms with Crippen LogP contribution in [0.2, 0.25) is 0 Å².